The lowest BCUT2D eigenvalue weighted by Crippen LogP contribution is -2.41. The number of hydrogen-bond acceptors (Lipinski definition) is 1. The molecule has 14 heavy (non-hydrogen) atoms. The van der Waals surface area contributed by atoms with Crippen molar-refractivity contribution in [2.24, 2.45) is 23.2 Å². The second-order valence-corrected chi connectivity index (χ2v) is 5.21. The SMILES string of the molecule is C[C@@H]1C=CC[C@H]2[C@@H]1C(=O)C=CC2(C)C. The van der Waals surface area contributed by atoms with E-state index in [1.165, 1.54) is 0 Å². The highest BCUT2D eigenvalue weighted by molar-refractivity contribution is 5.93. The molecule has 0 aromatic rings. The lowest BCUT2D eigenvalue weighted by molar-refractivity contribution is -0.123. The van der Waals surface area contributed by atoms with Crippen LogP contribution in [0.2, 0.25) is 0 Å². The Kier molecular flexibility index (Phi) is 2.13. The summed E-state index contributed by atoms with van der Waals surface area (Å²) in [7, 11) is 0. The van der Waals surface area contributed by atoms with Gasteiger partial charge in [-0.3, -0.25) is 4.79 Å². The van der Waals surface area contributed by atoms with Crippen molar-refractivity contribution < 1.29 is 4.79 Å². The maximum atomic E-state index is 11.8. The predicted molar refractivity (Wildman–Crippen MR) is 57.8 cm³/mol. The van der Waals surface area contributed by atoms with Crippen molar-refractivity contribution in [2.75, 3.05) is 0 Å². The zero-order valence-corrected chi connectivity index (χ0v) is 9.16. The highest BCUT2D eigenvalue weighted by atomic mass is 16.1. The summed E-state index contributed by atoms with van der Waals surface area (Å²) in [6.07, 6.45) is 9.35. The van der Waals surface area contributed by atoms with Gasteiger partial charge in [0.2, 0.25) is 0 Å². The van der Waals surface area contributed by atoms with Gasteiger partial charge in [-0.15, -0.1) is 0 Å². The van der Waals surface area contributed by atoms with E-state index in [0.717, 1.165) is 6.42 Å². The van der Waals surface area contributed by atoms with Crippen LogP contribution >= 0.6 is 0 Å². The fraction of sp³-hybridized carbons (Fsp3) is 0.615. The summed E-state index contributed by atoms with van der Waals surface area (Å²) < 4.78 is 0. The largest absolute Gasteiger partial charge is 0.295 e. The first-order valence-corrected chi connectivity index (χ1v) is 5.42. The number of carbonyl (C=O) groups excluding carboxylic acids is 1. The molecule has 0 amide bonds. The lowest BCUT2D eigenvalue weighted by atomic mass is 9.60. The van der Waals surface area contributed by atoms with Crippen LogP contribution in [0.15, 0.2) is 24.3 Å². The molecule has 0 bridgehead atoms. The summed E-state index contributed by atoms with van der Waals surface area (Å²) >= 11 is 0. The Hall–Kier alpha value is -0.850. The van der Waals surface area contributed by atoms with Gasteiger partial charge < -0.3 is 0 Å². The van der Waals surface area contributed by atoms with Gasteiger partial charge in [0.25, 0.3) is 0 Å². The van der Waals surface area contributed by atoms with Crippen LogP contribution < -0.4 is 0 Å². The normalized spacial score (nSPS) is 39.6. The van der Waals surface area contributed by atoms with Gasteiger partial charge in [0.1, 0.15) is 0 Å². The number of rotatable bonds is 0. The number of allylic oxidation sites excluding steroid dienone is 4. The summed E-state index contributed by atoms with van der Waals surface area (Å²) in [5.41, 5.74) is 0.178. The molecule has 3 atom stereocenters. The van der Waals surface area contributed by atoms with Crippen molar-refractivity contribution in [1.82, 2.24) is 0 Å². The van der Waals surface area contributed by atoms with Crippen LogP contribution in [-0.2, 0) is 4.79 Å². The molecule has 0 radical (unpaired) electrons. The molecule has 1 heteroatoms. The molecule has 2 aliphatic rings. The van der Waals surface area contributed by atoms with Gasteiger partial charge in [-0.1, -0.05) is 39.0 Å². The van der Waals surface area contributed by atoms with Crippen LogP contribution in [0.1, 0.15) is 27.2 Å². The van der Waals surface area contributed by atoms with Gasteiger partial charge in [-0.25, -0.2) is 0 Å². The van der Waals surface area contributed by atoms with Crippen LogP contribution in [-0.4, -0.2) is 5.78 Å². The molecule has 0 aromatic heterocycles. The van der Waals surface area contributed by atoms with Crippen LogP contribution in [0.5, 0.6) is 0 Å². The molecule has 0 heterocycles. The van der Waals surface area contributed by atoms with Crippen LogP contribution in [0.25, 0.3) is 0 Å². The maximum absolute atomic E-state index is 11.8. The van der Waals surface area contributed by atoms with E-state index in [1.54, 1.807) is 6.08 Å². The van der Waals surface area contributed by atoms with Crippen molar-refractivity contribution >= 4 is 5.78 Å². The Morgan fingerprint density at radius 1 is 1.43 bits per heavy atom. The molecule has 1 nitrogen and oxygen atoms in total. The minimum Gasteiger partial charge on any atom is -0.295 e. The molecular weight excluding hydrogens is 172 g/mol. The van der Waals surface area contributed by atoms with Crippen molar-refractivity contribution in [3.05, 3.63) is 24.3 Å². The molecule has 0 aromatic carbocycles. The minimum absolute atomic E-state index is 0.178. The molecule has 2 aliphatic carbocycles. The quantitative estimate of drug-likeness (QED) is 0.537. The number of carbonyl (C=O) groups is 1. The van der Waals surface area contributed by atoms with Gasteiger partial charge >= 0.3 is 0 Å². The van der Waals surface area contributed by atoms with E-state index in [-0.39, 0.29) is 11.3 Å². The summed E-state index contributed by atoms with van der Waals surface area (Å²) in [6.45, 7) is 6.62. The molecule has 0 spiro atoms. The first kappa shape index (κ1) is 9.70. The Bertz CT molecular complexity index is 309. The van der Waals surface area contributed by atoms with E-state index < -0.39 is 0 Å². The summed E-state index contributed by atoms with van der Waals surface area (Å²) in [6, 6.07) is 0. The number of ketones is 1. The molecule has 0 saturated heterocycles. The Morgan fingerprint density at radius 2 is 2.14 bits per heavy atom. The van der Waals surface area contributed by atoms with Crippen LogP contribution in [0.4, 0.5) is 0 Å². The molecule has 2 rings (SSSR count). The topological polar surface area (TPSA) is 17.1 Å². The molecule has 0 fully saturated rings. The molecule has 0 saturated carbocycles. The number of fused-ring (bicyclic) bond motifs is 1. The summed E-state index contributed by atoms with van der Waals surface area (Å²) in [5.74, 6) is 1.46. The minimum atomic E-state index is 0.178. The van der Waals surface area contributed by atoms with E-state index >= 15 is 0 Å². The maximum Gasteiger partial charge on any atom is 0.159 e. The highest BCUT2D eigenvalue weighted by Gasteiger charge is 2.42. The third kappa shape index (κ3) is 1.35. The average Bonchev–Trinajstić information content (AvgIpc) is 2.12. The summed E-state index contributed by atoms with van der Waals surface area (Å²) in [5, 5.41) is 0. The van der Waals surface area contributed by atoms with E-state index in [1.807, 2.05) is 0 Å². The first-order chi connectivity index (χ1) is 6.52. The molecule has 76 valence electrons. The Labute approximate surface area is 85.9 Å². The van der Waals surface area contributed by atoms with Gasteiger partial charge in [0.05, 0.1) is 0 Å². The van der Waals surface area contributed by atoms with Crippen LogP contribution in [0, 0.1) is 23.2 Å². The third-order valence-electron chi connectivity index (χ3n) is 3.79. The Balaban J connectivity index is 2.40. The monoisotopic (exact) mass is 190 g/mol. The van der Waals surface area contributed by atoms with Crippen LogP contribution in [0.3, 0.4) is 0 Å². The van der Waals surface area contributed by atoms with Gasteiger partial charge in [0, 0.05) is 5.92 Å². The van der Waals surface area contributed by atoms with E-state index in [4.69, 9.17) is 0 Å². The average molecular weight is 190 g/mol. The molecule has 0 unspecified atom stereocenters. The van der Waals surface area contributed by atoms with E-state index in [2.05, 4.69) is 39.0 Å². The Morgan fingerprint density at radius 3 is 2.79 bits per heavy atom. The molecule has 0 N–H and O–H groups in total. The third-order valence-corrected chi connectivity index (χ3v) is 3.79. The zero-order valence-electron chi connectivity index (χ0n) is 9.16. The van der Waals surface area contributed by atoms with Crippen molar-refractivity contribution in [3.63, 3.8) is 0 Å². The second-order valence-electron chi connectivity index (χ2n) is 5.21. The highest BCUT2D eigenvalue weighted by Crippen LogP contribution is 2.45. The van der Waals surface area contributed by atoms with Gasteiger partial charge in [-0.05, 0) is 29.7 Å². The predicted octanol–water partition coefficient (Wildman–Crippen LogP) is 2.98. The van der Waals surface area contributed by atoms with Crippen molar-refractivity contribution in [3.8, 4) is 0 Å². The van der Waals surface area contributed by atoms with E-state index in [9.17, 15) is 4.79 Å². The standard InChI is InChI=1S/C13H18O/c1-9-5-4-6-10-12(9)11(14)7-8-13(10,2)3/h4-5,7-10,12H,6H2,1-3H3/t9-,10+,12-/m1/s1. The van der Waals surface area contributed by atoms with Gasteiger partial charge in [-0.2, -0.15) is 0 Å². The zero-order chi connectivity index (χ0) is 10.3. The number of hydrogen-bond donors (Lipinski definition) is 0. The first-order valence-electron chi connectivity index (χ1n) is 5.42. The van der Waals surface area contributed by atoms with E-state index in [0.29, 0.717) is 17.6 Å². The smallest absolute Gasteiger partial charge is 0.159 e. The van der Waals surface area contributed by atoms with Gasteiger partial charge in [0.15, 0.2) is 5.78 Å². The van der Waals surface area contributed by atoms with Crippen molar-refractivity contribution in [2.45, 2.75) is 27.2 Å². The summed E-state index contributed by atoms with van der Waals surface area (Å²) in [4.78, 5) is 11.8. The molecular formula is C13H18O. The lowest BCUT2D eigenvalue weighted by Gasteiger charge is -2.43. The fourth-order valence-electron chi connectivity index (χ4n) is 2.83. The van der Waals surface area contributed by atoms with Crippen molar-refractivity contribution in [1.29, 1.82) is 0 Å². The second kappa shape index (κ2) is 3.08. The molecule has 0 aliphatic heterocycles. The fourth-order valence-corrected chi connectivity index (χ4v) is 2.83.